The van der Waals surface area contributed by atoms with Gasteiger partial charge in [0.05, 0.1) is 13.2 Å². The molecule has 0 aliphatic heterocycles. The third-order valence-corrected chi connectivity index (χ3v) is 5.13. The zero-order valence-corrected chi connectivity index (χ0v) is 17.2. The molecular weight excluding hydrogens is 344 g/mol. The second-order valence-electron chi connectivity index (χ2n) is 7.86. The summed E-state index contributed by atoms with van der Waals surface area (Å²) in [6, 6.07) is 0. The number of amides is 1. The standard InChI is InChI=1S/C21H32N2O4/c1-6-27-21(26)19-14(4)18(15(5)22-19)17(24)12-23(11-13(2)3)20(25)16-9-7-8-10-16/h13,16,22H,6-12H2,1-5H3. The van der Waals surface area contributed by atoms with Crippen molar-refractivity contribution in [2.45, 2.75) is 60.3 Å². The van der Waals surface area contributed by atoms with E-state index in [1.807, 2.05) is 13.8 Å². The van der Waals surface area contributed by atoms with Gasteiger partial charge in [-0.2, -0.15) is 0 Å². The summed E-state index contributed by atoms with van der Waals surface area (Å²) in [7, 11) is 0. The van der Waals surface area contributed by atoms with Crippen LogP contribution in [-0.4, -0.2) is 47.2 Å². The maximum absolute atomic E-state index is 13.0. The highest BCUT2D eigenvalue weighted by Crippen LogP contribution is 2.27. The number of ether oxygens (including phenoxy) is 1. The maximum atomic E-state index is 13.0. The first-order valence-corrected chi connectivity index (χ1v) is 9.94. The summed E-state index contributed by atoms with van der Waals surface area (Å²) in [5.74, 6) is -0.181. The number of rotatable bonds is 8. The number of carbonyl (C=O) groups excluding carboxylic acids is 3. The van der Waals surface area contributed by atoms with Gasteiger partial charge in [-0.25, -0.2) is 4.79 Å². The highest BCUT2D eigenvalue weighted by molar-refractivity contribution is 6.04. The van der Waals surface area contributed by atoms with E-state index in [-0.39, 0.29) is 36.7 Å². The summed E-state index contributed by atoms with van der Waals surface area (Å²) in [5.41, 5.74) is 2.04. The van der Waals surface area contributed by atoms with Crippen LogP contribution in [0.3, 0.4) is 0 Å². The van der Waals surface area contributed by atoms with E-state index in [9.17, 15) is 14.4 Å². The summed E-state index contributed by atoms with van der Waals surface area (Å²) in [6.07, 6.45) is 3.99. The molecule has 150 valence electrons. The lowest BCUT2D eigenvalue weighted by Gasteiger charge is -2.27. The van der Waals surface area contributed by atoms with Gasteiger partial charge in [-0.3, -0.25) is 9.59 Å². The maximum Gasteiger partial charge on any atom is 0.355 e. The molecule has 6 nitrogen and oxygen atoms in total. The number of Topliss-reactive ketones (excluding diaryl/α,β-unsaturated/α-hetero) is 1. The smallest absolute Gasteiger partial charge is 0.355 e. The van der Waals surface area contributed by atoms with E-state index >= 15 is 0 Å². The van der Waals surface area contributed by atoms with Crippen molar-refractivity contribution in [2.75, 3.05) is 19.7 Å². The van der Waals surface area contributed by atoms with E-state index < -0.39 is 5.97 Å². The van der Waals surface area contributed by atoms with Gasteiger partial charge in [-0.15, -0.1) is 0 Å². The molecule has 1 fully saturated rings. The Labute approximate surface area is 161 Å². The second kappa shape index (κ2) is 9.20. The largest absolute Gasteiger partial charge is 0.461 e. The molecule has 1 amide bonds. The molecule has 0 unspecified atom stereocenters. The van der Waals surface area contributed by atoms with Gasteiger partial charge in [-0.05, 0) is 45.1 Å². The number of hydrogen-bond donors (Lipinski definition) is 1. The summed E-state index contributed by atoms with van der Waals surface area (Å²) in [5, 5.41) is 0. The Bertz CT molecular complexity index is 699. The van der Waals surface area contributed by atoms with Crippen molar-refractivity contribution in [3.8, 4) is 0 Å². The first-order chi connectivity index (χ1) is 12.8. The quantitative estimate of drug-likeness (QED) is 0.555. The van der Waals surface area contributed by atoms with Gasteiger partial charge < -0.3 is 14.6 Å². The summed E-state index contributed by atoms with van der Waals surface area (Å²) in [6.45, 7) is 10.2. The van der Waals surface area contributed by atoms with Crippen LogP contribution < -0.4 is 0 Å². The van der Waals surface area contributed by atoms with Crippen LogP contribution in [0.25, 0.3) is 0 Å². The van der Waals surface area contributed by atoms with E-state index in [4.69, 9.17) is 4.74 Å². The van der Waals surface area contributed by atoms with Crippen molar-refractivity contribution in [3.05, 3.63) is 22.5 Å². The number of aromatic nitrogens is 1. The number of H-pyrrole nitrogens is 1. The molecule has 1 aliphatic rings. The average molecular weight is 376 g/mol. The molecule has 6 heteroatoms. The Morgan fingerprint density at radius 3 is 2.37 bits per heavy atom. The second-order valence-corrected chi connectivity index (χ2v) is 7.86. The van der Waals surface area contributed by atoms with Crippen molar-refractivity contribution in [1.82, 2.24) is 9.88 Å². The number of esters is 1. The lowest BCUT2D eigenvalue weighted by Crippen LogP contribution is -2.41. The van der Waals surface area contributed by atoms with E-state index in [0.29, 0.717) is 29.1 Å². The number of aromatic amines is 1. The molecular formula is C21H32N2O4. The third-order valence-electron chi connectivity index (χ3n) is 5.13. The minimum Gasteiger partial charge on any atom is -0.461 e. The molecule has 0 atom stereocenters. The van der Waals surface area contributed by atoms with Gasteiger partial charge >= 0.3 is 5.97 Å². The molecule has 1 saturated carbocycles. The number of aryl methyl sites for hydroxylation is 1. The topological polar surface area (TPSA) is 79.5 Å². The minimum absolute atomic E-state index is 0.0417. The van der Waals surface area contributed by atoms with E-state index in [0.717, 1.165) is 25.7 Å². The molecule has 1 aliphatic carbocycles. The monoisotopic (exact) mass is 376 g/mol. The van der Waals surface area contributed by atoms with Crippen LogP contribution >= 0.6 is 0 Å². The Morgan fingerprint density at radius 2 is 1.81 bits per heavy atom. The van der Waals surface area contributed by atoms with Crippen LogP contribution in [0.1, 0.15) is 78.6 Å². The SMILES string of the molecule is CCOC(=O)c1[nH]c(C)c(C(=O)CN(CC(C)C)C(=O)C2CCCC2)c1C. The zero-order chi connectivity index (χ0) is 20.1. The van der Waals surface area contributed by atoms with E-state index in [1.165, 1.54) is 0 Å². The fourth-order valence-electron chi connectivity index (χ4n) is 3.93. The van der Waals surface area contributed by atoms with E-state index in [2.05, 4.69) is 4.98 Å². The van der Waals surface area contributed by atoms with Crippen molar-refractivity contribution < 1.29 is 19.1 Å². The number of carbonyl (C=O) groups is 3. The molecule has 0 bridgehead atoms. The Kier molecular flexibility index (Phi) is 7.22. The minimum atomic E-state index is -0.460. The van der Waals surface area contributed by atoms with Gasteiger partial charge in [0.1, 0.15) is 5.69 Å². The molecule has 0 aromatic carbocycles. The van der Waals surface area contributed by atoms with Gasteiger partial charge in [0, 0.05) is 23.7 Å². The Balaban J connectivity index is 2.21. The predicted octanol–water partition coefficient (Wildman–Crippen LogP) is 3.67. The lowest BCUT2D eigenvalue weighted by atomic mass is 10.0. The van der Waals surface area contributed by atoms with Gasteiger partial charge in [-0.1, -0.05) is 26.7 Å². The molecule has 27 heavy (non-hydrogen) atoms. The molecule has 2 rings (SSSR count). The van der Waals surface area contributed by atoms with Crippen molar-refractivity contribution in [1.29, 1.82) is 0 Å². The fourth-order valence-corrected chi connectivity index (χ4v) is 3.93. The van der Waals surface area contributed by atoms with E-state index in [1.54, 1.807) is 25.7 Å². The van der Waals surface area contributed by atoms with Gasteiger partial charge in [0.15, 0.2) is 5.78 Å². The Morgan fingerprint density at radius 1 is 1.19 bits per heavy atom. The van der Waals surface area contributed by atoms with Crippen LogP contribution in [0.4, 0.5) is 0 Å². The summed E-state index contributed by atoms with van der Waals surface area (Å²) >= 11 is 0. The van der Waals surface area contributed by atoms with Crippen molar-refractivity contribution in [3.63, 3.8) is 0 Å². The lowest BCUT2D eigenvalue weighted by molar-refractivity contribution is -0.135. The molecule has 1 N–H and O–H groups in total. The molecule has 0 saturated heterocycles. The van der Waals surface area contributed by atoms with Crippen LogP contribution in [0.5, 0.6) is 0 Å². The molecule has 1 aromatic heterocycles. The third kappa shape index (κ3) is 4.99. The average Bonchev–Trinajstić information content (AvgIpc) is 3.21. The van der Waals surface area contributed by atoms with Crippen LogP contribution in [-0.2, 0) is 9.53 Å². The fraction of sp³-hybridized carbons (Fsp3) is 0.667. The predicted molar refractivity (Wildman–Crippen MR) is 104 cm³/mol. The summed E-state index contributed by atoms with van der Waals surface area (Å²) < 4.78 is 5.05. The number of ketones is 1. The molecule has 1 heterocycles. The highest BCUT2D eigenvalue weighted by atomic mass is 16.5. The van der Waals surface area contributed by atoms with Gasteiger partial charge in [0.2, 0.25) is 5.91 Å². The zero-order valence-electron chi connectivity index (χ0n) is 17.2. The first-order valence-electron chi connectivity index (χ1n) is 9.94. The van der Waals surface area contributed by atoms with Gasteiger partial charge in [0.25, 0.3) is 0 Å². The number of hydrogen-bond acceptors (Lipinski definition) is 4. The van der Waals surface area contributed by atoms with Crippen molar-refractivity contribution >= 4 is 17.7 Å². The molecule has 0 radical (unpaired) electrons. The van der Waals surface area contributed by atoms with Crippen LogP contribution in [0, 0.1) is 25.7 Å². The Hall–Kier alpha value is -2.11. The summed E-state index contributed by atoms with van der Waals surface area (Å²) in [4.78, 5) is 42.7. The first kappa shape index (κ1) is 21.2. The molecule has 0 spiro atoms. The van der Waals surface area contributed by atoms with Crippen LogP contribution in [0.15, 0.2) is 0 Å². The molecule has 1 aromatic rings. The van der Waals surface area contributed by atoms with Crippen molar-refractivity contribution in [2.24, 2.45) is 11.8 Å². The highest BCUT2D eigenvalue weighted by Gasteiger charge is 2.30. The number of nitrogens with zero attached hydrogens (tertiary/aromatic N) is 1. The van der Waals surface area contributed by atoms with Crippen LogP contribution in [0.2, 0.25) is 0 Å². The number of nitrogens with one attached hydrogen (secondary N) is 1. The normalized spacial score (nSPS) is 14.6.